The van der Waals surface area contributed by atoms with E-state index in [-0.39, 0.29) is 30.6 Å². The van der Waals surface area contributed by atoms with Crippen LogP contribution in [0.1, 0.15) is 68.5 Å². The number of piperidine rings is 1. The standard InChI is InChI=1S/C31H37F3N8O5/c1-17-9-20(31(32,33)34)10-25-37-21(14-40(17)25)15-41(29(46)47-30(2,3)4)26-11-24(38-27-22(18-5-6-18)13-36-42(26)27)35-12-19-7-8-39(28(44)45)16-23(19)43/h9-11,13-14,18-19,23,43H,5-8,12,15-16H2,1-4H3,(H,35,38)(H,44,45). The molecule has 0 aromatic carbocycles. The smallest absolute Gasteiger partial charge is 0.416 e. The topological polar surface area (TPSA) is 150 Å². The Bertz CT molecular complexity index is 1830. The molecule has 2 atom stereocenters. The molecule has 1 aliphatic heterocycles. The minimum Gasteiger partial charge on any atom is -0.465 e. The predicted molar refractivity (Wildman–Crippen MR) is 165 cm³/mol. The fraction of sp³-hybridized carbons (Fsp3) is 0.516. The molecule has 1 saturated carbocycles. The quantitative estimate of drug-likeness (QED) is 0.241. The number of rotatable bonds is 7. The highest BCUT2D eigenvalue weighted by Crippen LogP contribution is 2.42. The number of β-amino-alcohol motifs (C(OH)–C–C–N with tert-alkyl or cyclic N) is 1. The number of fused-ring (bicyclic) bond motifs is 2. The third-order valence-corrected chi connectivity index (χ3v) is 8.38. The van der Waals surface area contributed by atoms with E-state index in [2.05, 4.69) is 15.4 Å². The summed E-state index contributed by atoms with van der Waals surface area (Å²) in [4.78, 5) is 36.9. The van der Waals surface area contributed by atoms with Crippen LogP contribution >= 0.6 is 0 Å². The maximum atomic E-state index is 13.8. The van der Waals surface area contributed by atoms with Gasteiger partial charge in [-0.15, -0.1) is 0 Å². The first-order valence-electron chi connectivity index (χ1n) is 15.4. The van der Waals surface area contributed by atoms with E-state index >= 15 is 0 Å². The molecule has 1 aliphatic carbocycles. The van der Waals surface area contributed by atoms with Crippen LogP contribution in [0, 0.1) is 12.8 Å². The molecule has 252 valence electrons. The lowest BCUT2D eigenvalue weighted by molar-refractivity contribution is -0.137. The summed E-state index contributed by atoms with van der Waals surface area (Å²) in [6.07, 6.45) is -1.52. The van der Waals surface area contributed by atoms with E-state index < -0.39 is 35.6 Å². The van der Waals surface area contributed by atoms with Crippen LogP contribution in [-0.2, 0) is 17.5 Å². The van der Waals surface area contributed by atoms with Crippen molar-refractivity contribution in [3.63, 3.8) is 0 Å². The van der Waals surface area contributed by atoms with Crippen LogP contribution in [0.15, 0.2) is 30.6 Å². The summed E-state index contributed by atoms with van der Waals surface area (Å²) in [6.45, 7) is 7.17. The van der Waals surface area contributed by atoms with Gasteiger partial charge in [-0.1, -0.05) is 0 Å². The number of imidazole rings is 1. The minimum absolute atomic E-state index is 0.00319. The van der Waals surface area contributed by atoms with Gasteiger partial charge in [0.2, 0.25) is 0 Å². The van der Waals surface area contributed by atoms with Crippen LogP contribution in [0.2, 0.25) is 0 Å². The Morgan fingerprint density at radius 1 is 1.13 bits per heavy atom. The van der Waals surface area contributed by atoms with Crippen LogP contribution in [0.4, 0.5) is 34.4 Å². The Balaban J connectivity index is 1.38. The highest BCUT2D eigenvalue weighted by Gasteiger charge is 2.34. The molecule has 0 radical (unpaired) electrons. The number of ether oxygens (including phenoxy) is 1. The summed E-state index contributed by atoms with van der Waals surface area (Å²) >= 11 is 0. The summed E-state index contributed by atoms with van der Waals surface area (Å²) in [7, 11) is 0. The van der Waals surface area contributed by atoms with Crippen molar-refractivity contribution in [2.75, 3.05) is 29.9 Å². The number of carbonyl (C=O) groups excluding carboxylic acids is 1. The monoisotopic (exact) mass is 658 g/mol. The van der Waals surface area contributed by atoms with Crippen molar-refractivity contribution in [3.8, 4) is 0 Å². The molecular weight excluding hydrogens is 621 g/mol. The second kappa shape index (κ2) is 11.9. The van der Waals surface area contributed by atoms with Gasteiger partial charge in [0.25, 0.3) is 0 Å². The molecule has 2 unspecified atom stereocenters. The number of halogens is 3. The lowest BCUT2D eigenvalue weighted by Crippen LogP contribution is -2.47. The number of hydrogen-bond donors (Lipinski definition) is 3. The van der Waals surface area contributed by atoms with E-state index in [1.807, 2.05) is 0 Å². The van der Waals surface area contributed by atoms with E-state index in [4.69, 9.17) is 9.72 Å². The lowest BCUT2D eigenvalue weighted by atomic mass is 9.94. The number of aromatic nitrogens is 5. The molecule has 0 bridgehead atoms. The Labute approximate surface area is 268 Å². The van der Waals surface area contributed by atoms with Gasteiger partial charge in [-0.05, 0) is 65.0 Å². The maximum absolute atomic E-state index is 13.8. The Kier molecular flexibility index (Phi) is 8.18. The van der Waals surface area contributed by atoms with Gasteiger partial charge in [0, 0.05) is 42.5 Å². The van der Waals surface area contributed by atoms with Gasteiger partial charge in [-0.25, -0.2) is 19.6 Å². The van der Waals surface area contributed by atoms with Crippen LogP contribution in [0.3, 0.4) is 0 Å². The Morgan fingerprint density at radius 2 is 1.87 bits per heavy atom. The normalized spacial score (nSPS) is 18.9. The van der Waals surface area contributed by atoms with E-state index in [9.17, 15) is 33.0 Å². The molecule has 2 amide bonds. The molecular formula is C31H37F3N8O5. The number of hydrogen-bond acceptors (Lipinski definition) is 8. The first-order chi connectivity index (χ1) is 22.1. The minimum atomic E-state index is -4.55. The molecule has 4 aromatic rings. The van der Waals surface area contributed by atoms with Crippen molar-refractivity contribution in [3.05, 3.63) is 53.1 Å². The van der Waals surface area contributed by atoms with E-state index in [0.29, 0.717) is 48.2 Å². The van der Waals surface area contributed by atoms with E-state index in [0.717, 1.165) is 30.5 Å². The lowest BCUT2D eigenvalue weighted by Gasteiger charge is -2.34. The number of nitrogens with zero attached hydrogens (tertiary/aromatic N) is 7. The molecule has 3 N–H and O–H groups in total. The average molecular weight is 659 g/mol. The highest BCUT2D eigenvalue weighted by molar-refractivity contribution is 5.88. The number of carboxylic acid groups (broad SMARTS) is 1. The molecule has 6 rings (SSSR count). The molecule has 2 aliphatic rings. The summed E-state index contributed by atoms with van der Waals surface area (Å²) < 4.78 is 49.5. The third-order valence-electron chi connectivity index (χ3n) is 8.38. The van der Waals surface area contributed by atoms with Crippen LogP contribution in [-0.4, -0.2) is 82.6 Å². The van der Waals surface area contributed by atoms with Crippen molar-refractivity contribution < 1.29 is 37.7 Å². The van der Waals surface area contributed by atoms with E-state index in [1.165, 1.54) is 14.2 Å². The number of nitrogens with one attached hydrogen (secondary N) is 1. The SMILES string of the molecule is Cc1cc(C(F)(F)F)cc2nc(CN(C(=O)OC(C)(C)C)c3cc(NCC4CCN(C(=O)O)CC4O)nc4c(C5CC5)cnn34)cn12. The van der Waals surface area contributed by atoms with Gasteiger partial charge in [0.1, 0.15) is 22.9 Å². The van der Waals surface area contributed by atoms with Gasteiger partial charge < -0.3 is 29.6 Å². The van der Waals surface area contributed by atoms with Crippen molar-refractivity contribution >= 4 is 35.1 Å². The molecule has 47 heavy (non-hydrogen) atoms. The zero-order chi connectivity index (χ0) is 33.8. The fourth-order valence-corrected chi connectivity index (χ4v) is 5.82. The Morgan fingerprint density at radius 3 is 2.51 bits per heavy atom. The molecule has 1 saturated heterocycles. The first kappa shape index (κ1) is 32.3. The number of anilines is 2. The molecule has 4 aromatic heterocycles. The van der Waals surface area contributed by atoms with Crippen molar-refractivity contribution in [1.29, 1.82) is 0 Å². The number of aliphatic hydroxyl groups excluding tert-OH is 1. The molecule has 0 spiro atoms. The zero-order valence-electron chi connectivity index (χ0n) is 26.5. The van der Waals surface area contributed by atoms with Gasteiger partial charge in [0.05, 0.1) is 36.6 Å². The van der Waals surface area contributed by atoms with Gasteiger partial charge in [-0.2, -0.15) is 22.8 Å². The van der Waals surface area contributed by atoms with E-state index in [1.54, 1.807) is 50.7 Å². The highest BCUT2D eigenvalue weighted by atomic mass is 19.4. The second-order valence-corrected chi connectivity index (χ2v) is 13.2. The Hall–Kier alpha value is -4.60. The van der Waals surface area contributed by atoms with Crippen molar-refractivity contribution in [1.82, 2.24) is 28.9 Å². The number of likely N-dealkylation sites (tertiary alicyclic amines) is 1. The number of aryl methyl sites for hydroxylation is 1. The number of pyridine rings is 1. The second-order valence-electron chi connectivity index (χ2n) is 13.2. The van der Waals surface area contributed by atoms with Crippen LogP contribution in [0.5, 0.6) is 0 Å². The number of carbonyl (C=O) groups is 2. The molecule has 13 nitrogen and oxygen atoms in total. The summed E-state index contributed by atoms with van der Waals surface area (Å²) in [5.41, 5.74) is 0.483. The maximum Gasteiger partial charge on any atom is 0.416 e. The number of amides is 2. The first-order valence-corrected chi connectivity index (χ1v) is 15.4. The summed E-state index contributed by atoms with van der Waals surface area (Å²) in [5, 5.41) is 27.8. The van der Waals surface area contributed by atoms with Gasteiger partial charge in [0.15, 0.2) is 5.65 Å². The molecule has 5 heterocycles. The summed E-state index contributed by atoms with van der Waals surface area (Å²) in [5.74, 6) is 0.718. The van der Waals surface area contributed by atoms with Crippen molar-refractivity contribution in [2.45, 2.75) is 77.3 Å². The third kappa shape index (κ3) is 6.92. The van der Waals surface area contributed by atoms with Gasteiger partial charge in [-0.3, -0.25) is 4.90 Å². The van der Waals surface area contributed by atoms with Gasteiger partial charge >= 0.3 is 18.4 Å². The predicted octanol–water partition coefficient (Wildman–Crippen LogP) is 5.30. The largest absolute Gasteiger partial charge is 0.465 e. The zero-order valence-corrected chi connectivity index (χ0v) is 26.5. The van der Waals surface area contributed by atoms with Crippen LogP contribution in [0.25, 0.3) is 11.3 Å². The number of aliphatic hydroxyl groups is 1. The van der Waals surface area contributed by atoms with Crippen molar-refractivity contribution in [2.24, 2.45) is 5.92 Å². The average Bonchev–Trinajstić information content (AvgIpc) is 3.58. The number of alkyl halides is 3. The summed E-state index contributed by atoms with van der Waals surface area (Å²) in [6, 6.07) is 3.63. The molecule has 16 heteroatoms. The molecule has 2 fully saturated rings. The van der Waals surface area contributed by atoms with Crippen LogP contribution < -0.4 is 10.2 Å². The fourth-order valence-electron chi connectivity index (χ4n) is 5.82.